The molecule has 1 aliphatic heterocycles. The number of carboxylic acid groups (broad SMARTS) is 1. The van der Waals surface area contributed by atoms with Crippen molar-refractivity contribution in [3.05, 3.63) is 0 Å². The smallest absolute Gasteiger partial charge is 0.328 e. The van der Waals surface area contributed by atoms with E-state index in [0.717, 1.165) is 25.7 Å². The second-order valence-corrected chi connectivity index (χ2v) is 5.65. The Morgan fingerprint density at radius 2 is 2.00 bits per heavy atom. The molecule has 1 aliphatic carbocycles. The summed E-state index contributed by atoms with van der Waals surface area (Å²) in [5.41, 5.74) is 0. The van der Waals surface area contributed by atoms with E-state index in [2.05, 4.69) is 5.32 Å². The Hall–Kier alpha value is -1.79. The van der Waals surface area contributed by atoms with Gasteiger partial charge in [0, 0.05) is 19.1 Å². The summed E-state index contributed by atoms with van der Waals surface area (Å²) in [6.45, 7) is 2.22. The molecular weight excluding hydrogens is 274 g/mol. The molecule has 2 fully saturated rings. The largest absolute Gasteiger partial charge is 0.480 e. The quantitative estimate of drug-likeness (QED) is 0.800. The van der Waals surface area contributed by atoms with Crippen LogP contribution in [0.15, 0.2) is 0 Å². The molecule has 0 bridgehead atoms. The first-order chi connectivity index (χ1) is 10.0. The minimum absolute atomic E-state index is 0.0257. The third-order valence-electron chi connectivity index (χ3n) is 4.32. The van der Waals surface area contributed by atoms with Crippen molar-refractivity contribution in [1.29, 1.82) is 0 Å². The maximum absolute atomic E-state index is 12.7. The van der Waals surface area contributed by atoms with Gasteiger partial charge in [0.15, 0.2) is 0 Å². The number of aliphatic carboxylic acids is 1. The Morgan fingerprint density at radius 3 is 2.57 bits per heavy atom. The zero-order chi connectivity index (χ0) is 15.4. The van der Waals surface area contributed by atoms with E-state index in [1.807, 2.05) is 6.92 Å². The van der Waals surface area contributed by atoms with Gasteiger partial charge in [-0.25, -0.2) is 9.59 Å². The molecule has 0 aromatic heterocycles. The van der Waals surface area contributed by atoms with Gasteiger partial charge in [0.2, 0.25) is 5.91 Å². The van der Waals surface area contributed by atoms with Crippen molar-refractivity contribution in [1.82, 2.24) is 15.1 Å². The van der Waals surface area contributed by atoms with Gasteiger partial charge in [-0.2, -0.15) is 0 Å². The summed E-state index contributed by atoms with van der Waals surface area (Å²) in [5, 5.41) is 11.7. The second kappa shape index (κ2) is 6.78. The van der Waals surface area contributed by atoms with E-state index in [4.69, 9.17) is 0 Å². The molecule has 1 saturated carbocycles. The number of hydrogen-bond acceptors (Lipinski definition) is 3. The number of nitrogens with zero attached hydrogens (tertiary/aromatic N) is 2. The van der Waals surface area contributed by atoms with E-state index in [1.165, 1.54) is 11.3 Å². The average molecular weight is 297 g/mol. The van der Waals surface area contributed by atoms with E-state index >= 15 is 0 Å². The predicted octanol–water partition coefficient (Wildman–Crippen LogP) is 0.646. The van der Waals surface area contributed by atoms with Gasteiger partial charge in [0.05, 0.1) is 0 Å². The Morgan fingerprint density at radius 1 is 1.33 bits per heavy atom. The lowest BCUT2D eigenvalue weighted by molar-refractivity contribution is -0.144. The molecule has 0 aromatic rings. The van der Waals surface area contributed by atoms with Crippen LogP contribution in [0.5, 0.6) is 0 Å². The molecule has 3 amide bonds. The number of amides is 3. The first kappa shape index (κ1) is 15.6. The number of carbonyl (C=O) groups is 3. The van der Waals surface area contributed by atoms with Crippen LogP contribution < -0.4 is 5.32 Å². The number of carbonyl (C=O) groups excluding carboxylic acids is 2. The van der Waals surface area contributed by atoms with Crippen LogP contribution in [0.2, 0.25) is 0 Å². The summed E-state index contributed by atoms with van der Waals surface area (Å²) in [4.78, 5) is 38.4. The van der Waals surface area contributed by atoms with Crippen LogP contribution >= 0.6 is 0 Å². The molecule has 0 aromatic carbocycles. The molecule has 0 spiro atoms. The van der Waals surface area contributed by atoms with Gasteiger partial charge in [0.1, 0.15) is 12.6 Å². The molecule has 1 saturated heterocycles. The first-order valence-electron chi connectivity index (χ1n) is 7.61. The maximum atomic E-state index is 12.7. The molecule has 1 heterocycles. The molecule has 118 valence electrons. The van der Waals surface area contributed by atoms with Crippen molar-refractivity contribution in [2.75, 3.05) is 19.6 Å². The number of hydrogen-bond donors (Lipinski definition) is 2. The molecule has 7 nitrogen and oxygen atoms in total. The van der Waals surface area contributed by atoms with Crippen LogP contribution in [0.1, 0.15) is 39.0 Å². The van der Waals surface area contributed by atoms with E-state index in [9.17, 15) is 19.5 Å². The molecule has 2 N–H and O–H groups in total. The highest BCUT2D eigenvalue weighted by Crippen LogP contribution is 2.24. The van der Waals surface area contributed by atoms with Crippen molar-refractivity contribution < 1.29 is 19.5 Å². The van der Waals surface area contributed by atoms with E-state index in [1.54, 1.807) is 4.90 Å². The lowest BCUT2D eigenvalue weighted by Crippen LogP contribution is -2.62. The SMILES string of the molecule is CCN(C(=O)N1CC(=O)NCC1C(=O)O)C1CCCCC1. The van der Waals surface area contributed by atoms with Crippen LogP contribution in [0.3, 0.4) is 0 Å². The number of nitrogens with one attached hydrogen (secondary N) is 1. The molecule has 1 unspecified atom stereocenters. The fourth-order valence-electron chi connectivity index (χ4n) is 3.17. The third-order valence-corrected chi connectivity index (χ3v) is 4.32. The Kier molecular flexibility index (Phi) is 5.03. The lowest BCUT2D eigenvalue weighted by atomic mass is 9.94. The summed E-state index contributed by atoms with van der Waals surface area (Å²) in [6, 6.07) is -1.14. The summed E-state index contributed by atoms with van der Waals surface area (Å²) < 4.78 is 0. The molecule has 7 heteroatoms. The fraction of sp³-hybridized carbons (Fsp3) is 0.786. The Bertz CT molecular complexity index is 420. The zero-order valence-electron chi connectivity index (χ0n) is 12.4. The topological polar surface area (TPSA) is 90.0 Å². The number of rotatable bonds is 3. The monoisotopic (exact) mass is 297 g/mol. The highest BCUT2D eigenvalue weighted by molar-refractivity contribution is 5.90. The van der Waals surface area contributed by atoms with Crippen LogP contribution in [0.4, 0.5) is 4.79 Å². The van der Waals surface area contributed by atoms with Crippen molar-refractivity contribution in [2.24, 2.45) is 0 Å². The number of carboxylic acids is 1. The molecule has 2 rings (SSSR count). The molecule has 0 radical (unpaired) electrons. The van der Waals surface area contributed by atoms with Gasteiger partial charge in [-0.3, -0.25) is 9.69 Å². The van der Waals surface area contributed by atoms with Crippen LogP contribution in [0, 0.1) is 0 Å². The first-order valence-corrected chi connectivity index (χ1v) is 7.61. The Labute approximate surface area is 124 Å². The number of piperazine rings is 1. The fourth-order valence-corrected chi connectivity index (χ4v) is 3.17. The molecule has 21 heavy (non-hydrogen) atoms. The standard InChI is InChI=1S/C14H23N3O4/c1-2-16(10-6-4-3-5-7-10)14(21)17-9-12(18)15-8-11(17)13(19)20/h10-11H,2-9H2,1H3,(H,15,18)(H,19,20). The third kappa shape index (κ3) is 3.46. The minimum Gasteiger partial charge on any atom is -0.480 e. The van der Waals surface area contributed by atoms with Crippen molar-refractivity contribution in [2.45, 2.75) is 51.1 Å². The van der Waals surface area contributed by atoms with Gasteiger partial charge < -0.3 is 15.3 Å². The van der Waals surface area contributed by atoms with Crippen molar-refractivity contribution in [3.63, 3.8) is 0 Å². The predicted molar refractivity (Wildman–Crippen MR) is 75.8 cm³/mol. The lowest BCUT2D eigenvalue weighted by Gasteiger charge is -2.40. The van der Waals surface area contributed by atoms with Crippen LogP contribution in [-0.2, 0) is 9.59 Å². The van der Waals surface area contributed by atoms with E-state index < -0.39 is 12.0 Å². The van der Waals surface area contributed by atoms with Crippen molar-refractivity contribution in [3.8, 4) is 0 Å². The normalized spacial score (nSPS) is 23.6. The minimum atomic E-state index is -1.08. The molecule has 2 aliphatic rings. The van der Waals surface area contributed by atoms with E-state index in [-0.39, 0.29) is 31.1 Å². The summed E-state index contributed by atoms with van der Waals surface area (Å²) in [7, 11) is 0. The molecular formula is C14H23N3O4. The summed E-state index contributed by atoms with van der Waals surface area (Å²) >= 11 is 0. The van der Waals surface area contributed by atoms with Gasteiger partial charge in [-0.05, 0) is 19.8 Å². The van der Waals surface area contributed by atoms with Gasteiger partial charge >= 0.3 is 12.0 Å². The Balaban J connectivity index is 2.13. The van der Waals surface area contributed by atoms with Crippen LogP contribution in [0.25, 0.3) is 0 Å². The van der Waals surface area contributed by atoms with Crippen LogP contribution in [-0.4, -0.2) is 64.5 Å². The highest BCUT2D eigenvalue weighted by atomic mass is 16.4. The van der Waals surface area contributed by atoms with Gasteiger partial charge in [0.25, 0.3) is 0 Å². The molecule has 1 atom stereocenters. The van der Waals surface area contributed by atoms with Crippen molar-refractivity contribution >= 4 is 17.9 Å². The average Bonchev–Trinajstić information content (AvgIpc) is 2.48. The second-order valence-electron chi connectivity index (χ2n) is 5.65. The zero-order valence-corrected chi connectivity index (χ0v) is 12.4. The summed E-state index contributed by atoms with van der Waals surface area (Å²) in [5.74, 6) is -1.39. The van der Waals surface area contributed by atoms with Gasteiger partial charge in [-0.1, -0.05) is 19.3 Å². The number of urea groups is 1. The van der Waals surface area contributed by atoms with Gasteiger partial charge in [-0.15, -0.1) is 0 Å². The maximum Gasteiger partial charge on any atom is 0.328 e. The summed E-state index contributed by atoms with van der Waals surface area (Å²) in [6.07, 6.45) is 5.29. The van der Waals surface area contributed by atoms with E-state index in [0.29, 0.717) is 6.54 Å². The highest BCUT2D eigenvalue weighted by Gasteiger charge is 2.38.